The molecule has 0 radical (unpaired) electrons. The molecule has 0 spiro atoms. The van der Waals surface area contributed by atoms with Crippen molar-refractivity contribution in [2.45, 2.75) is 12.3 Å². The third kappa shape index (κ3) is 4.20. The molecule has 3 N–H and O–H groups in total. The van der Waals surface area contributed by atoms with Crippen LogP contribution in [0, 0.1) is 10.1 Å². The molecular weight excluding hydrogens is 368 g/mol. The number of hydrogen-bond donors (Lipinski definition) is 3. The van der Waals surface area contributed by atoms with Crippen molar-refractivity contribution in [2.24, 2.45) is 5.10 Å². The van der Waals surface area contributed by atoms with Crippen molar-refractivity contribution in [1.82, 2.24) is 5.43 Å². The number of Topliss-reactive ketones (excluding diaryl/α,β-unsaturated/α-hetero) is 1. The van der Waals surface area contributed by atoms with Gasteiger partial charge in [-0.3, -0.25) is 14.9 Å². The lowest BCUT2D eigenvalue weighted by Gasteiger charge is -2.12. The summed E-state index contributed by atoms with van der Waals surface area (Å²) in [5.74, 6) is -2.91. The van der Waals surface area contributed by atoms with Gasteiger partial charge in [-0.2, -0.15) is 5.10 Å². The van der Waals surface area contributed by atoms with Gasteiger partial charge >= 0.3 is 22.4 Å². The summed E-state index contributed by atoms with van der Waals surface area (Å²) in [5, 5.41) is 14.2. The number of ketones is 1. The average molecular weight is 377 g/mol. The third-order valence-corrected chi connectivity index (χ3v) is 3.72. The van der Waals surface area contributed by atoms with E-state index in [9.17, 15) is 24.0 Å². The van der Waals surface area contributed by atoms with E-state index in [4.69, 9.17) is 9.79 Å². The number of hydrogen-bond acceptors (Lipinski definition) is 9. The second-order valence-corrected chi connectivity index (χ2v) is 5.71. The van der Waals surface area contributed by atoms with Gasteiger partial charge in [-0.05, 0) is 12.1 Å². The summed E-state index contributed by atoms with van der Waals surface area (Å²) in [6.07, 6.45) is -0.536. The third-order valence-electron chi connectivity index (χ3n) is 2.81. The molecule has 1 aliphatic rings. The summed E-state index contributed by atoms with van der Waals surface area (Å²) in [5.41, 5.74) is 1.71. The van der Waals surface area contributed by atoms with Crippen LogP contribution in [0.4, 0.5) is 5.69 Å². The Kier molecular flexibility index (Phi) is 5.40. The fourth-order valence-corrected chi connectivity index (χ4v) is 2.71. The number of nitro benzene ring substituents is 1. The number of nitrogens with zero attached hydrogens (tertiary/aromatic N) is 2. The standard InChI is InChI=1S/C10H7N3O9P2/c14-9(6-1-3-7(4-2-6)13(15)16)8-5-10(12-11-8,21-23(17)18)22-24(19)20/h1-4H,5H2,(H-2,12,14,17,18,19,20)/p+2. The largest absolute Gasteiger partial charge is 0.700 e. The molecule has 0 saturated carbocycles. The van der Waals surface area contributed by atoms with Crippen molar-refractivity contribution in [3.8, 4) is 0 Å². The number of nitrogens with one attached hydrogen (secondary N) is 1. The van der Waals surface area contributed by atoms with Crippen molar-refractivity contribution in [1.29, 1.82) is 0 Å². The van der Waals surface area contributed by atoms with Crippen LogP contribution in [0.25, 0.3) is 0 Å². The Bertz CT molecular complexity index is 732. The molecule has 2 rings (SSSR count). The van der Waals surface area contributed by atoms with Crippen LogP contribution < -0.4 is 5.43 Å². The van der Waals surface area contributed by atoms with Crippen LogP contribution in [0.2, 0.25) is 0 Å². The fraction of sp³-hybridized carbons (Fsp3) is 0.200. The lowest BCUT2D eigenvalue weighted by Crippen LogP contribution is -2.41. The monoisotopic (exact) mass is 377 g/mol. The quantitative estimate of drug-likeness (QED) is 0.205. The summed E-state index contributed by atoms with van der Waals surface area (Å²) in [4.78, 5) is 39.8. The Morgan fingerprint density at radius 3 is 2.25 bits per heavy atom. The van der Waals surface area contributed by atoms with E-state index in [2.05, 4.69) is 19.6 Å². The van der Waals surface area contributed by atoms with Gasteiger partial charge in [-0.15, -0.1) is 9.79 Å². The van der Waals surface area contributed by atoms with Crippen LogP contribution in [-0.2, 0) is 18.2 Å². The van der Waals surface area contributed by atoms with Crippen molar-refractivity contribution in [2.75, 3.05) is 0 Å². The van der Waals surface area contributed by atoms with Gasteiger partial charge in [0.2, 0.25) is 5.78 Å². The molecule has 1 aromatic carbocycles. The summed E-state index contributed by atoms with van der Waals surface area (Å²) >= 11 is 0. The highest BCUT2D eigenvalue weighted by molar-refractivity contribution is 7.33. The van der Waals surface area contributed by atoms with Gasteiger partial charge < -0.3 is 0 Å². The molecule has 0 bridgehead atoms. The minimum absolute atomic E-state index is 0.0544. The van der Waals surface area contributed by atoms with Crippen molar-refractivity contribution in [3.63, 3.8) is 0 Å². The predicted octanol–water partition coefficient (Wildman–Crippen LogP) is 1.11. The van der Waals surface area contributed by atoms with E-state index >= 15 is 0 Å². The van der Waals surface area contributed by atoms with Gasteiger partial charge in [0, 0.05) is 26.8 Å². The Balaban J connectivity index is 2.17. The topological polar surface area (TPSA) is 178 Å². The normalized spacial score (nSPS) is 20.8. The van der Waals surface area contributed by atoms with Gasteiger partial charge in [0.05, 0.1) is 11.3 Å². The van der Waals surface area contributed by atoms with E-state index in [1.807, 2.05) is 0 Å². The highest BCUT2D eigenvalue weighted by atomic mass is 31.1. The number of rotatable bonds is 7. The van der Waals surface area contributed by atoms with Crippen molar-refractivity contribution >= 4 is 33.7 Å². The lowest BCUT2D eigenvalue weighted by atomic mass is 10.0. The van der Waals surface area contributed by atoms with E-state index < -0.39 is 39.5 Å². The first kappa shape index (κ1) is 18.1. The highest BCUT2D eigenvalue weighted by Gasteiger charge is 2.54. The first-order chi connectivity index (χ1) is 11.2. The van der Waals surface area contributed by atoms with E-state index in [1.165, 1.54) is 12.1 Å². The van der Waals surface area contributed by atoms with E-state index in [1.54, 1.807) is 0 Å². The smallest absolute Gasteiger partial charge is 0.287 e. The molecular formula is C10H9N3O9P2+2. The summed E-state index contributed by atoms with van der Waals surface area (Å²) in [7, 11) is -6.46. The van der Waals surface area contributed by atoms with Gasteiger partial charge in [-0.1, -0.05) is 9.05 Å². The Labute approximate surface area is 135 Å². The second kappa shape index (κ2) is 7.14. The molecule has 0 fully saturated rings. The zero-order valence-electron chi connectivity index (χ0n) is 11.6. The van der Waals surface area contributed by atoms with Crippen LogP contribution in [0.5, 0.6) is 0 Å². The van der Waals surface area contributed by atoms with E-state index in [0.717, 1.165) is 12.1 Å². The molecule has 0 saturated heterocycles. The van der Waals surface area contributed by atoms with Crippen molar-refractivity contribution < 1.29 is 37.7 Å². The van der Waals surface area contributed by atoms with Gasteiger partial charge in [0.15, 0.2) is 0 Å². The fourth-order valence-electron chi connectivity index (χ4n) is 1.86. The molecule has 0 aliphatic carbocycles. The minimum atomic E-state index is -3.23. The lowest BCUT2D eigenvalue weighted by molar-refractivity contribution is -0.384. The number of non-ortho nitro benzene ring substituents is 1. The molecule has 1 aliphatic heterocycles. The Morgan fingerprint density at radius 2 is 1.79 bits per heavy atom. The first-order valence-electron chi connectivity index (χ1n) is 6.06. The first-order valence-corrected chi connectivity index (χ1v) is 8.32. The Morgan fingerprint density at radius 1 is 1.25 bits per heavy atom. The molecule has 1 heterocycles. The van der Waals surface area contributed by atoms with Crippen LogP contribution >= 0.6 is 16.5 Å². The number of benzene rings is 1. The SMILES string of the molecule is O=C(C1=NNC(O[P+](=O)O)(O[P+](=O)O)C1)c1ccc([N+](=O)[O-])cc1. The maximum absolute atomic E-state index is 12.3. The van der Waals surface area contributed by atoms with Crippen LogP contribution in [0.15, 0.2) is 29.4 Å². The maximum atomic E-state index is 12.3. The number of nitro groups is 1. The van der Waals surface area contributed by atoms with E-state index in [0.29, 0.717) is 0 Å². The molecule has 1 aromatic rings. The van der Waals surface area contributed by atoms with Crippen LogP contribution in [0.3, 0.4) is 0 Å². The number of carbonyl (C=O) groups excluding carboxylic acids is 1. The van der Waals surface area contributed by atoms with E-state index in [-0.39, 0.29) is 17.0 Å². The number of carbonyl (C=O) groups is 1. The highest BCUT2D eigenvalue weighted by Crippen LogP contribution is 2.37. The molecule has 14 heteroatoms. The molecule has 2 unspecified atom stereocenters. The molecule has 126 valence electrons. The summed E-state index contributed by atoms with van der Waals surface area (Å²) in [6, 6.07) is 4.63. The van der Waals surface area contributed by atoms with Crippen LogP contribution in [-0.4, -0.2) is 32.1 Å². The van der Waals surface area contributed by atoms with Gasteiger partial charge in [0.1, 0.15) is 5.71 Å². The molecule has 2 atom stereocenters. The zero-order chi connectivity index (χ0) is 17.9. The minimum Gasteiger partial charge on any atom is -0.287 e. The second-order valence-electron chi connectivity index (χ2n) is 4.39. The van der Waals surface area contributed by atoms with Gasteiger partial charge in [-0.25, -0.2) is 5.43 Å². The molecule has 0 aromatic heterocycles. The predicted molar refractivity (Wildman–Crippen MR) is 77.2 cm³/mol. The summed E-state index contributed by atoms with van der Waals surface area (Å²) in [6.45, 7) is 0. The maximum Gasteiger partial charge on any atom is 0.700 e. The molecule has 24 heavy (non-hydrogen) atoms. The molecule has 0 amide bonds. The van der Waals surface area contributed by atoms with Crippen LogP contribution in [0.1, 0.15) is 16.8 Å². The van der Waals surface area contributed by atoms with Gasteiger partial charge in [0.25, 0.3) is 5.69 Å². The Hall–Kier alpha value is -2.20. The number of hydrazone groups is 1. The molecule has 12 nitrogen and oxygen atoms in total. The average Bonchev–Trinajstić information content (AvgIpc) is 2.88. The van der Waals surface area contributed by atoms with Crippen molar-refractivity contribution in [3.05, 3.63) is 39.9 Å². The summed E-state index contributed by atoms with van der Waals surface area (Å²) < 4.78 is 30.7. The zero-order valence-corrected chi connectivity index (χ0v) is 13.3.